The summed E-state index contributed by atoms with van der Waals surface area (Å²) in [7, 11) is 0. The summed E-state index contributed by atoms with van der Waals surface area (Å²) >= 11 is 0. The molecule has 0 unspecified atom stereocenters. The minimum atomic E-state index is -0.454. The van der Waals surface area contributed by atoms with Crippen LogP contribution in [0.1, 0.15) is 30.9 Å². The number of nitrogens with zero attached hydrogens (tertiary/aromatic N) is 1. The highest BCUT2D eigenvalue weighted by Gasteiger charge is 2.41. The Morgan fingerprint density at radius 1 is 1.04 bits per heavy atom. The normalized spacial score (nSPS) is 18.8. The SMILES string of the molecule is CCCCN1C(=O)O[C@H](COC(=O)Cc2ccccc2)[C@H]1Cc1ccccc1. The van der Waals surface area contributed by atoms with Gasteiger partial charge in [0.25, 0.3) is 0 Å². The molecule has 0 aromatic heterocycles. The molecule has 28 heavy (non-hydrogen) atoms. The van der Waals surface area contributed by atoms with Crippen molar-refractivity contribution in [1.82, 2.24) is 4.90 Å². The van der Waals surface area contributed by atoms with Crippen molar-refractivity contribution in [2.24, 2.45) is 0 Å². The highest BCUT2D eigenvalue weighted by atomic mass is 16.6. The summed E-state index contributed by atoms with van der Waals surface area (Å²) in [4.78, 5) is 26.4. The Kier molecular flexibility index (Phi) is 7.06. The van der Waals surface area contributed by atoms with Crippen LogP contribution in [-0.4, -0.2) is 42.3 Å². The number of hydrogen-bond donors (Lipinski definition) is 0. The first-order valence-electron chi connectivity index (χ1n) is 9.88. The van der Waals surface area contributed by atoms with Crippen LogP contribution in [0.3, 0.4) is 0 Å². The lowest BCUT2D eigenvalue weighted by atomic mass is 10.0. The molecule has 2 atom stereocenters. The number of benzene rings is 2. The van der Waals surface area contributed by atoms with E-state index in [-0.39, 0.29) is 31.1 Å². The molecule has 2 aromatic carbocycles. The Labute approximate surface area is 166 Å². The third-order valence-corrected chi connectivity index (χ3v) is 4.96. The first kappa shape index (κ1) is 19.9. The van der Waals surface area contributed by atoms with Gasteiger partial charge in [-0.25, -0.2) is 4.79 Å². The van der Waals surface area contributed by atoms with Crippen molar-refractivity contribution in [3.63, 3.8) is 0 Å². The Hall–Kier alpha value is -2.82. The first-order valence-corrected chi connectivity index (χ1v) is 9.88. The summed E-state index contributed by atoms with van der Waals surface area (Å²) in [6, 6.07) is 19.4. The highest BCUT2D eigenvalue weighted by molar-refractivity contribution is 5.73. The van der Waals surface area contributed by atoms with Crippen molar-refractivity contribution in [3.8, 4) is 0 Å². The average molecular weight is 381 g/mol. The third-order valence-electron chi connectivity index (χ3n) is 4.96. The molecule has 5 heteroatoms. The molecule has 148 valence electrons. The minimum Gasteiger partial charge on any atom is -0.461 e. The summed E-state index contributed by atoms with van der Waals surface area (Å²) in [5, 5.41) is 0. The first-order chi connectivity index (χ1) is 13.7. The lowest BCUT2D eigenvalue weighted by Crippen LogP contribution is -2.41. The van der Waals surface area contributed by atoms with E-state index in [2.05, 4.69) is 6.92 Å². The summed E-state index contributed by atoms with van der Waals surface area (Å²) in [6.45, 7) is 2.83. The van der Waals surface area contributed by atoms with Gasteiger partial charge >= 0.3 is 12.1 Å². The second-order valence-corrected chi connectivity index (χ2v) is 7.07. The summed E-state index contributed by atoms with van der Waals surface area (Å²) in [5.41, 5.74) is 2.04. The summed E-state index contributed by atoms with van der Waals surface area (Å²) < 4.78 is 11.0. The van der Waals surface area contributed by atoms with Gasteiger partial charge in [-0.1, -0.05) is 74.0 Å². The zero-order chi connectivity index (χ0) is 19.8. The van der Waals surface area contributed by atoms with E-state index in [1.165, 1.54) is 0 Å². The zero-order valence-corrected chi connectivity index (χ0v) is 16.3. The van der Waals surface area contributed by atoms with Crippen LogP contribution in [0.2, 0.25) is 0 Å². The highest BCUT2D eigenvalue weighted by Crippen LogP contribution is 2.24. The molecule has 1 heterocycles. The van der Waals surface area contributed by atoms with E-state index in [1.54, 1.807) is 4.90 Å². The monoisotopic (exact) mass is 381 g/mol. The molecule has 1 amide bonds. The van der Waals surface area contributed by atoms with Crippen LogP contribution in [0.25, 0.3) is 0 Å². The van der Waals surface area contributed by atoms with Crippen LogP contribution < -0.4 is 0 Å². The second kappa shape index (κ2) is 9.93. The van der Waals surface area contributed by atoms with E-state index >= 15 is 0 Å². The lowest BCUT2D eigenvalue weighted by Gasteiger charge is -2.24. The Morgan fingerprint density at radius 3 is 2.32 bits per heavy atom. The van der Waals surface area contributed by atoms with Gasteiger partial charge < -0.3 is 14.4 Å². The standard InChI is InChI=1S/C23H27NO4/c1-2-3-14-24-20(15-18-10-6-4-7-11-18)21(28-23(24)26)17-27-22(25)16-19-12-8-5-9-13-19/h4-13,20-21H,2-3,14-17H2,1H3/t20-,21-/m1/s1. The fourth-order valence-corrected chi connectivity index (χ4v) is 3.43. The quantitative estimate of drug-likeness (QED) is 0.616. The number of hydrogen-bond acceptors (Lipinski definition) is 4. The fourth-order valence-electron chi connectivity index (χ4n) is 3.43. The van der Waals surface area contributed by atoms with Gasteiger partial charge in [0, 0.05) is 6.54 Å². The van der Waals surface area contributed by atoms with E-state index < -0.39 is 6.10 Å². The van der Waals surface area contributed by atoms with Gasteiger partial charge in [-0.2, -0.15) is 0 Å². The fraction of sp³-hybridized carbons (Fsp3) is 0.391. The van der Waals surface area contributed by atoms with E-state index in [1.807, 2.05) is 60.7 Å². The van der Waals surface area contributed by atoms with Crippen molar-refractivity contribution >= 4 is 12.1 Å². The Bertz CT molecular complexity index is 763. The number of amides is 1. The van der Waals surface area contributed by atoms with Crippen molar-refractivity contribution in [1.29, 1.82) is 0 Å². The van der Waals surface area contributed by atoms with Crippen LogP contribution in [0, 0.1) is 0 Å². The van der Waals surface area contributed by atoms with Crippen LogP contribution in [0.15, 0.2) is 60.7 Å². The number of carbonyl (C=O) groups is 2. The summed E-state index contributed by atoms with van der Waals surface area (Å²) in [5.74, 6) is -0.312. The van der Waals surface area contributed by atoms with Gasteiger partial charge in [0.05, 0.1) is 12.5 Å². The molecular weight excluding hydrogens is 354 g/mol. The van der Waals surface area contributed by atoms with Crippen LogP contribution in [0.4, 0.5) is 4.79 Å². The molecule has 0 saturated carbocycles. The molecule has 1 fully saturated rings. The van der Waals surface area contributed by atoms with Gasteiger partial charge in [0.2, 0.25) is 0 Å². The molecule has 0 bridgehead atoms. The lowest BCUT2D eigenvalue weighted by molar-refractivity contribution is -0.145. The molecule has 5 nitrogen and oxygen atoms in total. The van der Waals surface area contributed by atoms with Crippen LogP contribution in [0.5, 0.6) is 0 Å². The maximum absolute atomic E-state index is 12.4. The average Bonchev–Trinajstić information content (AvgIpc) is 3.00. The van der Waals surface area contributed by atoms with E-state index in [4.69, 9.17) is 9.47 Å². The van der Waals surface area contributed by atoms with Gasteiger partial charge in [-0.3, -0.25) is 4.79 Å². The van der Waals surface area contributed by atoms with Crippen LogP contribution in [-0.2, 0) is 27.1 Å². The van der Waals surface area contributed by atoms with Gasteiger partial charge in [-0.15, -0.1) is 0 Å². The van der Waals surface area contributed by atoms with Crippen molar-refractivity contribution in [3.05, 3.63) is 71.8 Å². The number of esters is 1. The van der Waals surface area contributed by atoms with Gasteiger partial charge in [0.15, 0.2) is 6.10 Å². The number of rotatable bonds is 9. The number of carbonyl (C=O) groups excluding carboxylic acids is 2. The molecular formula is C23H27NO4. The molecule has 3 rings (SSSR count). The molecule has 1 saturated heterocycles. The summed E-state index contributed by atoms with van der Waals surface area (Å²) in [6.07, 6.45) is 2.03. The topological polar surface area (TPSA) is 55.8 Å². The van der Waals surface area contributed by atoms with Crippen molar-refractivity contribution < 1.29 is 19.1 Å². The molecule has 0 aliphatic carbocycles. The molecule has 1 aliphatic heterocycles. The van der Waals surface area contributed by atoms with Gasteiger partial charge in [0.1, 0.15) is 6.61 Å². The Morgan fingerprint density at radius 2 is 1.68 bits per heavy atom. The number of ether oxygens (including phenoxy) is 2. The molecule has 1 aliphatic rings. The van der Waals surface area contributed by atoms with E-state index in [0.717, 1.165) is 24.0 Å². The predicted molar refractivity (Wildman–Crippen MR) is 107 cm³/mol. The predicted octanol–water partition coefficient (Wildman–Crippen LogP) is 4.00. The molecule has 0 N–H and O–H groups in total. The Balaban J connectivity index is 1.63. The molecule has 2 aromatic rings. The van der Waals surface area contributed by atoms with Crippen molar-refractivity contribution in [2.75, 3.05) is 13.2 Å². The smallest absolute Gasteiger partial charge is 0.410 e. The third kappa shape index (κ3) is 5.35. The van der Waals surface area contributed by atoms with E-state index in [9.17, 15) is 9.59 Å². The maximum atomic E-state index is 12.4. The minimum absolute atomic E-state index is 0.0809. The van der Waals surface area contributed by atoms with Crippen LogP contribution >= 0.6 is 0 Å². The zero-order valence-electron chi connectivity index (χ0n) is 16.3. The van der Waals surface area contributed by atoms with E-state index in [0.29, 0.717) is 13.0 Å². The number of unbranched alkanes of at least 4 members (excludes halogenated alkanes) is 1. The largest absolute Gasteiger partial charge is 0.461 e. The maximum Gasteiger partial charge on any atom is 0.410 e. The molecule has 0 radical (unpaired) electrons. The molecule has 0 spiro atoms. The van der Waals surface area contributed by atoms with Crippen molar-refractivity contribution in [2.45, 2.75) is 44.8 Å². The second-order valence-electron chi connectivity index (χ2n) is 7.07. The number of cyclic esters (lactones) is 1. The van der Waals surface area contributed by atoms with Gasteiger partial charge in [-0.05, 0) is 24.0 Å².